The summed E-state index contributed by atoms with van der Waals surface area (Å²) in [6, 6.07) is 13.9. The minimum absolute atomic E-state index is 0.0818. The number of nitrogens with zero attached hydrogens (tertiary/aromatic N) is 1. The van der Waals surface area contributed by atoms with E-state index in [1.807, 2.05) is 30.3 Å². The van der Waals surface area contributed by atoms with Gasteiger partial charge in [0.05, 0.1) is 17.1 Å². The molecule has 1 atom stereocenters. The molecule has 2 aromatic carbocycles. The van der Waals surface area contributed by atoms with Crippen molar-refractivity contribution in [2.24, 2.45) is 0 Å². The molecule has 0 saturated heterocycles. The van der Waals surface area contributed by atoms with Crippen molar-refractivity contribution in [1.29, 1.82) is 0 Å². The fraction of sp³-hybridized carbons (Fsp3) is 0.200. The Kier molecular flexibility index (Phi) is 4.09. The second-order valence-corrected chi connectivity index (χ2v) is 4.98. The molecular formula is C15H17N3O3. The molecule has 21 heavy (non-hydrogen) atoms. The first-order valence-corrected chi connectivity index (χ1v) is 6.45. The standard InChI is InChI=1S/C15H17N3O3/c1-15(10-19,11-6-3-2-4-7-11)17-13-9-5-8-12(16)14(13)18(20)21/h2-9,17,19H,10,16H2,1H3. The second-order valence-electron chi connectivity index (χ2n) is 4.98. The zero-order chi connectivity index (χ0) is 15.5. The van der Waals surface area contributed by atoms with Crippen molar-refractivity contribution in [1.82, 2.24) is 0 Å². The van der Waals surface area contributed by atoms with Gasteiger partial charge in [-0.2, -0.15) is 0 Å². The first-order valence-electron chi connectivity index (χ1n) is 6.45. The molecule has 0 amide bonds. The molecule has 0 bridgehead atoms. The van der Waals surface area contributed by atoms with Crippen LogP contribution < -0.4 is 11.1 Å². The van der Waals surface area contributed by atoms with E-state index in [-0.39, 0.29) is 23.7 Å². The maximum absolute atomic E-state index is 11.2. The van der Waals surface area contributed by atoms with Crippen LogP contribution in [0.15, 0.2) is 48.5 Å². The van der Waals surface area contributed by atoms with E-state index in [2.05, 4.69) is 5.32 Å². The van der Waals surface area contributed by atoms with E-state index >= 15 is 0 Å². The summed E-state index contributed by atoms with van der Waals surface area (Å²) in [5.41, 5.74) is 5.83. The smallest absolute Gasteiger partial charge is 0.314 e. The summed E-state index contributed by atoms with van der Waals surface area (Å²) in [6.45, 7) is 1.55. The summed E-state index contributed by atoms with van der Waals surface area (Å²) in [4.78, 5) is 10.6. The van der Waals surface area contributed by atoms with Gasteiger partial charge < -0.3 is 16.2 Å². The molecule has 1 unspecified atom stereocenters. The molecule has 0 aromatic heterocycles. The topological polar surface area (TPSA) is 101 Å². The van der Waals surface area contributed by atoms with Crippen LogP contribution in [0.5, 0.6) is 0 Å². The lowest BCUT2D eigenvalue weighted by Gasteiger charge is -2.30. The third-order valence-corrected chi connectivity index (χ3v) is 3.39. The Morgan fingerprint density at radius 1 is 1.24 bits per heavy atom. The zero-order valence-corrected chi connectivity index (χ0v) is 11.6. The molecule has 0 aliphatic heterocycles. The van der Waals surface area contributed by atoms with Crippen LogP contribution in [-0.4, -0.2) is 16.6 Å². The Morgan fingerprint density at radius 3 is 2.48 bits per heavy atom. The van der Waals surface area contributed by atoms with Gasteiger partial charge in [-0.15, -0.1) is 0 Å². The molecule has 0 fully saturated rings. The highest BCUT2D eigenvalue weighted by Crippen LogP contribution is 2.35. The first-order chi connectivity index (χ1) is 9.98. The van der Waals surface area contributed by atoms with Crippen LogP contribution in [0.4, 0.5) is 17.1 Å². The summed E-state index contributed by atoms with van der Waals surface area (Å²) in [5, 5.41) is 24.0. The normalized spacial score (nSPS) is 13.4. The third-order valence-electron chi connectivity index (χ3n) is 3.39. The first kappa shape index (κ1) is 14.8. The number of nitrogens with one attached hydrogen (secondary N) is 1. The minimum Gasteiger partial charge on any atom is -0.394 e. The average Bonchev–Trinajstić information content (AvgIpc) is 2.47. The number of nitrogen functional groups attached to an aromatic ring is 1. The fourth-order valence-electron chi connectivity index (χ4n) is 2.17. The van der Waals surface area contributed by atoms with Gasteiger partial charge in [0.25, 0.3) is 0 Å². The number of benzene rings is 2. The summed E-state index contributed by atoms with van der Waals surface area (Å²) in [5.74, 6) is 0. The number of nitro groups is 1. The number of nitro benzene ring substituents is 1. The van der Waals surface area contributed by atoms with Crippen molar-refractivity contribution in [2.45, 2.75) is 12.5 Å². The number of anilines is 2. The maximum atomic E-state index is 11.2. The van der Waals surface area contributed by atoms with Gasteiger partial charge in [-0.25, -0.2) is 0 Å². The number of hydrogen-bond donors (Lipinski definition) is 3. The Hall–Kier alpha value is -2.60. The Labute approximate surface area is 122 Å². The van der Waals surface area contributed by atoms with Crippen LogP contribution in [0.3, 0.4) is 0 Å². The molecule has 0 aliphatic rings. The van der Waals surface area contributed by atoms with Gasteiger partial charge in [-0.05, 0) is 24.6 Å². The summed E-state index contributed by atoms with van der Waals surface area (Å²) in [6.07, 6.45) is 0. The number of aliphatic hydroxyl groups excluding tert-OH is 1. The molecule has 6 heteroatoms. The largest absolute Gasteiger partial charge is 0.394 e. The van der Waals surface area contributed by atoms with Crippen molar-refractivity contribution in [3.05, 3.63) is 64.2 Å². The highest BCUT2D eigenvalue weighted by Gasteiger charge is 2.29. The van der Waals surface area contributed by atoms with E-state index in [0.717, 1.165) is 5.56 Å². The molecule has 2 aromatic rings. The summed E-state index contributed by atoms with van der Waals surface area (Å²) in [7, 11) is 0. The van der Waals surface area contributed by atoms with Gasteiger partial charge in [0.15, 0.2) is 0 Å². The van der Waals surface area contributed by atoms with Gasteiger partial charge >= 0.3 is 5.69 Å². The predicted octanol–water partition coefficient (Wildman–Crippen LogP) is 2.50. The molecule has 0 spiro atoms. The van der Waals surface area contributed by atoms with Gasteiger partial charge in [-0.3, -0.25) is 10.1 Å². The van der Waals surface area contributed by atoms with Crippen molar-refractivity contribution >= 4 is 17.1 Å². The number of para-hydroxylation sites is 1. The SMILES string of the molecule is CC(CO)(Nc1cccc(N)c1[N+](=O)[O-])c1ccccc1. The average molecular weight is 287 g/mol. The lowest BCUT2D eigenvalue weighted by molar-refractivity contribution is -0.383. The third kappa shape index (κ3) is 2.95. The van der Waals surface area contributed by atoms with Crippen molar-refractivity contribution < 1.29 is 10.0 Å². The molecule has 4 N–H and O–H groups in total. The van der Waals surface area contributed by atoms with E-state index in [9.17, 15) is 15.2 Å². The molecular weight excluding hydrogens is 270 g/mol. The lowest BCUT2D eigenvalue weighted by Crippen LogP contribution is -2.36. The van der Waals surface area contributed by atoms with Gasteiger partial charge in [0, 0.05) is 0 Å². The highest BCUT2D eigenvalue weighted by molar-refractivity contribution is 5.75. The van der Waals surface area contributed by atoms with Crippen LogP contribution in [0, 0.1) is 10.1 Å². The molecule has 6 nitrogen and oxygen atoms in total. The van der Waals surface area contributed by atoms with Gasteiger partial charge in [0.1, 0.15) is 11.4 Å². The second kappa shape index (κ2) is 5.80. The van der Waals surface area contributed by atoms with Crippen molar-refractivity contribution in [3.63, 3.8) is 0 Å². The van der Waals surface area contributed by atoms with Crippen molar-refractivity contribution in [3.8, 4) is 0 Å². The van der Waals surface area contributed by atoms with E-state index in [1.165, 1.54) is 6.07 Å². The quantitative estimate of drug-likeness (QED) is 0.445. The van der Waals surface area contributed by atoms with E-state index in [1.54, 1.807) is 19.1 Å². The maximum Gasteiger partial charge on any atom is 0.314 e. The van der Waals surface area contributed by atoms with E-state index in [4.69, 9.17) is 5.73 Å². The Morgan fingerprint density at radius 2 is 1.90 bits per heavy atom. The lowest BCUT2D eigenvalue weighted by atomic mass is 9.92. The molecule has 2 rings (SSSR count). The molecule has 0 heterocycles. The Balaban J connectivity index is 2.45. The van der Waals surface area contributed by atoms with Crippen LogP contribution >= 0.6 is 0 Å². The van der Waals surface area contributed by atoms with E-state index in [0.29, 0.717) is 0 Å². The number of nitrogens with two attached hydrogens (primary N) is 1. The van der Waals surface area contributed by atoms with Crippen LogP contribution in [0.2, 0.25) is 0 Å². The van der Waals surface area contributed by atoms with Crippen LogP contribution in [0.1, 0.15) is 12.5 Å². The predicted molar refractivity (Wildman–Crippen MR) is 82.0 cm³/mol. The fourth-order valence-corrected chi connectivity index (χ4v) is 2.17. The van der Waals surface area contributed by atoms with E-state index < -0.39 is 10.5 Å². The van der Waals surface area contributed by atoms with Crippen LogP contribution in [0.25, 0.3) is 0 Å². The molecule has 110 valence electrons. The van der Waals surface area contributed by atoms with Crippen molar-refractivity contribution in [2.75, 3.05) is 17.7 Å². The molecule has 0 aliphatic carbocycles. The Bertz CT molecular complexity index is 646. The number of hydrogen-bond acceptors (Lipinski definition) is 5. The molecule has 0 saturated carbocycles. The zero-order valence-electron chi connectivity index (χ0n) is 11.6. The number of aliphatic hydroxyl groups is 1. The summed E-state index contributed by atoms with van der Waals surface area (Å²) >= 11 is 0. The number of rotatable bonds is 5. The van der Waals surface area contributed by atoms with Crippen LogP contribution in [-0.2, 0) is 5.54 Å². The monoisotopic (exact) mass is 287 g/mol. The minimum atomic E-state index is -0.847. The molecule has 0 radical (unpaired) electrons. The summed E-state index contributed by atoms with van der Waals surface area (Å²) < 4.78 is 0. The highest BCUT2D eigenvalue weighted by atomic mass is 16.6. The van der Waals surface area contributed by atoms with Gasteiger partial charge in [0.2, 0.25) is 0 Å². The van der Waals surface area contributed by atoms with Gasteiger partial charge in [-0.1, -0.05) is 36.4 Å².